The third kappa shape index (κ3) is 9.15. The van der Waals surface area contributed by atoms with E-state index in [4.69, 9.17) is 0 Å². The summed E-state index contributed by atoms with van der Waals surface area (Å²) in [6.07, 6.45) is 0. The van der Waals surface area contributed by atoms with Gasteiger partial charge < -0.3 is 0 Å². The molecule has 0 aromatic rings. The maximum absolute atomic E-state index is 9.92. The Kier molecular flexibility index (Phi) is 6.31. The summed E-state index contributed by atoms with van der Waals surface area (Å²) in [4.78, 5) is 19.8. The Morgan fingerprint density at radius 3 is 1.38 bits per heavy atom. The first-order valence-corrected chi connectivity index (χ1v) is 1.91. The maximum atomic E-state index is 9.92. The van der Waals surface area contributed by atoms with Crippen LogP contribution in [-0.4, -0.2) is 11.8 Å². The number of hydrogen-bond acceptors (Lipinski definition) is 2. The molecule has 8 heavy (non-hydrogen) atoms. The van der Waals surface area contributed by atoms with Crippen LogP contribution in [0.5, 0.6) is 0 Å². The van der Waals surface area contributed by atoms with Gasteiger partial charge in [0.1, 0.15) is 0 Å². The Morgan fingerprint density at radius 2 is 1.38 bits per heavy atom. The fraction of sp³-hybridized carbons (Fsp3) is 0.500. The Balaban J connectivity index is 0. The number of carbonyl (C=O) groups is 2. The van der Waals surface area contributed by atoms with Gasteiger partial charge >= 0.3 is 0 Å². The van der Waals surface area contributed by atoms with Crippen molar-refractivity contribution < 1.29 is 9.59 Å². The topological polar surface area (TPSA) is 46.2 Å². The smallest absolute Gasteiger partial charge is 0.223 e. The molecule has 48 valence electrons. The van der Waals surface area contributed by atoms with Crippen LogP contribution in [0.2, 0.25) is 0 Å². The number of halogens is 1. The van der Waals surface area contributed by atoms with Crippen molar-refractivity contribution in [1.29, 1.82) is 0 Å². The van der Waals surface area contributed by atoms with E-state index < -0.39 is 0 Å². The summed E-state index contributed by atoms with van der Waals surface area (Å²) in [5.74, 6) is -0.625. The molecule has 0 saturated heterocycles. The maximum Gasteiger partial charge on any atom is 0.223 e. The molecule has 0 spiro atoms. The minimum Gasteiger partial charge on any atom is -0.297 e. The van der Waals surface area contributed by atoms with Gasteiger partial charge in [-0.3, -0.25) is 14.9 Å². The van der Waals surface area contributed by atoms with Crippen LogP contribution < -0.4 is 5.32 Å². The molecule has 0 aliphatic carbocycles. The lowest BCUT2D eigenvalue weighted by molar-refractivity contribution is -0.127. The van der Waals surface area contributed by atoms with Crippen molar-refractivity contribution in [3.05, 3.63) is 0 Å². The van der Waals surface area contributed by atoms with Crippen molar-refractivity contribution in [2.75, 3.05) is 0 Å². The zero-order chi connectivity index (χ0) is 5.86. The van der Waals surface area contributed by atoms with E-state index in [0.717, 1.165) is 0 Å². The largest absolute Gasteiger partial charge is 0.297 e. The number of hydrogen-bond donors (Lipinski definition) is 1. The lowest BCUT2D eigenvalue weighted by atomic mass is 10.6. The summed E-state index contributed by atoms with van der Waals surface area (Å²) in [5.41, 5.74) is 0. The van der Waals surface area contributed by atoms with Crippen LogP contribution in [0, 0.1) is 0 Å². The van der Waals surface area contributed by atoms with Gasteiger partial charge in [0.25, 0.3) is 0 Å². The molecule has 3 nitrogen and oxygen atoms in total. The number of carbonyl (C=O) groups excluding carboxylic acids is 2. The van der Waals surface area contributed by atoms with Crippen LogP contribution in [0.4, 0.5) is 0 Å². The molecule has 0 atom stereocenters. The van der Waals surface area contributed by atoms with E-state index in [-0.39, 0.29) is 28.8 Å². The molecule has 0 aliphatic heterocycles. The van der Waals surface area contributed by atoms with Gasteiger partial charge in [-0.1, -0.05) is 0 Å². The van der Waals surface area contributed by atoms with Gasteiger partial charge in [0.2, 0.25) is 11.8 Å². The Bertz CT molecular complexity index is 90.2. The van der Waals surface area contributed by atoms with E-state index in [1.54, 1.807) is 0 Å². The van der Waals surface area contributed by atoms with Crippen LogP contribution in [0.3, 0.4) is 0 Å². The van der Waals surface area contributed by atoms with Crippen molar-refractivity contribution in [1.82, 2.24) is 5.32 Å². The van der Waals surface area contributed by atoms with Gasteiger partial charge in [-0.05, 0) is 0 Å². The average molecular weight is 182 g/mol. The molecule has 2 amide bonds. The minimum absolute atomic E-state index is 0. The van der Waals surface area contributed by atoms with Crippen molar-refractivity contribution in [3.63, 3.8) is 0 Å². The molecule has 0 heterocycles. The highest BCUT2D eigenvalue weighted by atomic mass is 79.9. The fourth-order valence-electron chi connectivity index (χ4n) is 0.248. The average Bonchev–Trinajstić information content (AvgIpc) is 1.27. The summed E-state index contributed by atoms with van der Waals surface area (Å²) in [5, 5.41) is 2.03. The van der Waals surface area contributed by atoms with E-state index in [0.29, 0.717) is 0 Å². The second-order valence-corrected chi connectivity index (χ2v) is 1.24. The van der Waals surface area contributed by atoms with Crippen molar-refractivity contribution in [2.24, 2.45) is 0 Å². The molecule has 0 saturated carbocycles. The predicted octanol–water partition coefficient (Wildman–Crippen LogP) is 0.247. The second-order valence-electron chi connectivity index (χ2n) is 1.24. The number of rotatable bonds is 0. The molecule has 1 N–H and O–H groups in total. The van der Waals surface area contributed by atoms with Crippen LogP contribution >= 0.6 is 17.0 Å². The van der Waals surface area contributed by atoms with Crippen LogP contribution in [-0.2, 0) is 9.59 Å². The highest BCUT2D eigenvalue weighted by molar-refractivity contribution is 8.93. The molecule has 0 rings (SSSR count). The van der Waals surface area contributed by atoms with Gasteiger partial charge in [-0.25, -0.2) is 0 Å². The normalized spacial score (nSPS) is 6.75. The zero-order valence-corrected chi connectivity index (χ0v) is 6.44. The van der Waals surface area contributed by atoms with E-state index in [1.165, 1.54) is 13.8 Å². The van der Waals surface area contributed by atoms with Crippen LogP contribution in [0.15, 0.2) is 0 Å². The fourth-order valence-corrected chi connectivity index (χ4v) is 0.248. The third-order valence-electron chi connectivity index (χ3n) is 0.352. The molecule has 0 bridgehead atoms. The monoisotopic (exact) mass is 181 g/mol. The Labute approximate surface area is 58.2 Å². The van der Waals surface area contributed by atoms with Gasteiger partial charge in [-0.15, -0.1) is 17.0 Å². The molecule has 0 aromatic heterocycles. The van der Waals surface area contributed by atoms with Crippen molar-refractivity contribution in [2.45, 2.75) is 13.8 Å². The van der Waals surface area contributed by atoms with Crippen LogP contribution in [0.25, 0.3) is 0 Å². The first-order valence-electron chi connectivity index (χ1n) is 1.91. The molecule has 0 unspecified atom stereocenters. The summed E-state index contributed by atoms with van der Waals surface area (Å²) in [6.45, 7) is 2.59. The van der Waals surface area contributed by atoms with Gasteiger partial charge in [0, 0.05) is 13.8 Å². The third-order valence-corrected chi connectivity index (χ3v) is 0.352. The molecule has 4 heteroatoms. The Morgan fingerprint density at radius 1 is 1.12 bits per heavy atom. The summed E-state index contributed by atoms with van der Waals surface area (Å²) in [6, 6.07) is 0. The SMILES string of the molecule is Br.CC(=O)NC(C)=O. The number of imide groups is 1. The lowest BCUT2D eigenvalue weighted by Crippen LogP contribution is -2.24. The quantitative estimate of drug-likeness (QED) is 0.583. The highest BCUT2D eigenvalue weighted by Crippen LogP contribution is 1.58. The molecule has 0 fully saturated rings. The first-order chi connectivity index (χ1) is 3.13. The zero-order valence-electron chi connectivity index (χ0n) is 4.72. The van der Waals surface area contributed by atoms with E-state index >= 15 is 0 Å². The molecular formula is C4H8BrNO2. The van der Waals surface area contributed by atoms with E-state index in [1.807, 2.05) is 5.32 Å². The van der Waals surface area contributed by atoms with E-state index in [2.05, 4.69) is 0 Å². The number of nitrogens with one attached hydrogen (secondary N) is 1. The number of amides is 2. The standard InChI is InChI=1S/C4H7NO2.BrH/c1-3(6)5-4(2)7;/h1-2H3,(H,5,6,7);1H. The van der Waals surface area contributed by atoms with Gasteiger partial charge in [0.05, 0.1) is 0 Å². The Hall–Kier alpha value is -0.380. The van der Waals surface area contributed by atoms with E-state index in [9.17, 15) is 9.59 Å². The van der Waals surface area contributed by atoms with Crippen molar-refractivity contribution in [3.8, 4) is 0 Å². The highest BCUT2D eigenvalue weighted by Gasteiger charge is 1.90. The molecule has 0 aliphatic rings. The first kappa shape index (κ1) is 10.6. The second kappa shape index (κ2) is 4.77. The predicted molar refractivity (Wildman–Crippen MR) is 34.8 cm³/mol. The lowest BCUT2D eigenvalue weighted by Gasteiger charge is -1.88. The molecule has 0 radical (unpaired) electrons. The summed E-state index contributed by atoms with van der Waals surface area (Å²) < 4.78 is 0. The molecule has 0 aromatic carbocycles. The minimum atomic E-state index is -0.312. The van der Waals surface area contributed by atoms with Crippen LogP contribution in [0.1, 0.15) is 13.8 Å². The molecular weight excluding hydrogens is 174 g/mol. The van der Waals surface area contributed by atoms with Crippen molar-refractivity contribution >= 4 is 28.8 Å². The summed E-state index contributed by atoms with van der Waals surface area (Å²) in [7, 11) is 0. The van der Waals surface area contributed by atoms with Gasteiger partial charge in [-0.2, -0.15) is 0 Å². The van der Waals surface area contributed by atoms with Gasteiger partial charge in [0.15, 0.2) is 0 Å². The summed E-state index contributed by atoms with van der Waals surface area (Å²) >= 11 is 0.